The molecule has 34 heavy (non-hydrogen) atoms. The van der Waals surface area contributed by atoms with E-state index in [0.717, 1.165) is 22.4 Å². The molecule has 2 heterocycles. The molecule has 0 bridgehead atoms. The predicted molar refractivity (Wildman–Crippen MR) is 117 cm³/mol. The van der Waals surface area contributed by atoms with Gasteiger partial charge < -0.3 is 10.1 Å². The standard InChI is InChI=1S/C23H20F3N5O3/c1-14-11-19-29-30(13-20(32)27-12-15-3-9-18(34-2)10-4-15)22(33)31(19)21(28-14)16-5-7-17(8-6-16)23(24,25)26/h3-11H,12-13H2,1-2H3,(H,27,32). The maximum absolute atomic E-state index is 13.0. The molecular weight excluding hydrogens is 451 g/mol. The number of methoxy groups -OCH3 is 1. The van der Waals surface area contributed by atoms with E-state index in [0.29, 0.717) is 17.0 Å². The smallest absolute Gasteiger partial charge is 0.416 e. The van der Waals surface area contributed by atoms with Crippen molar-refractivity contribution < 1.29 is 22.7 Å². The molecule has 1 N–H and O–H groups in total. The second-order valence-electron chi connectivity index (χ2n) is 7.55. The third-order valence-electron chi connectivity index (χ3n) is 5.11. The molecule has 1 amide bonds. The van der Waals surface area contributed by atoms with E-state index >= 15 is 0 Å². The third-order valence-corrected chi connectivity index (χ3v) is 5.11. The van der Waals surface area contributed by atoms with Crippen LogP contribution in [-0.4, -0.2) is 32.2 Å². The van der Waals surface area contributed by atoms with Crippen molar-refractivity contribution in [2.75, 3.05) is 7.11 Å². The van der Waals surface area contributed by atoms with E-state index in [9.17, 15) is 22.8 Å². The van der Waals surface area contributed by atoms with Gasteiger partial charge in [-0.3, -0.25) is 4.79 Å². The largest absolute Gasteiger partial charge is 0.497 e. The van der Waals surface area contributed by atoms with Crippen LogP contribution in [0.25, 0.3) is 17.0 Å². The van der Waals surface area contributed by atoms with Crippen LogP contribution in [0.1, 0.15) is 16.8 Å². The van der Waals surface area contributed by atoms with Crippen molar-refractivity contribution in [1.29, 1.82) is 0 Å². The number of carbonyl (C=O) groups excluding carboxylic acids is 1. The van der Waals surface area contributed by atoms with Crippen LogP contribution in [0.4, 0.5) is 13.2 Å². The SMILES string of the molecule is COc1ccc(CNC(=O)Cn2nc3cc(C)nc(-c4ccc(C(F)(F)F)cc4)n3c2=O)cc1. The van der Waals surface area contributed by atoms with Gasteiger partial charge in [-0.2, -0.15) is 13.2 Å². The number of halogens is 3. The highest BCUT2D eigenvalue weighted by atomic mass is 19.4. The average Bonchev–Trinajstić information content (AvgIpc) is 3.11. The number of fused-ring (bicyclic) bond motifs is 1. The van der Waals surface area contributed by atoms with Gasteiger partial charge >= 0.3 is 11.9 Å². The van der Waals surface area contributed by atoms with E-state index in [2.05, 4.69) is 15.4 Å². The van der Waals surface area contributed by atoms with E-state index in [-0.39, 0.29) is 24.6 Å². The summed E-state index contributed by atoms with van der Waals surface area (Å²) in [6.45, 7) is 1.60. The van der Waals surface area contributed by atoms with Gasteiger partial charge in [0.25, 0.3) is 0 Å². The predicted octanol–water partition coefficient (Wildman–Crippen LogP) is 3.21. The molecule has 4 rings (SSSR count). The van der Waals surface area contributed by atoms with E-state index < -0.39 is 23.3 Å². The van der Waals surface area contributed by atoms with E-state index in [1.807, 2.05) is 0 Å². The number of hydrogen-bond donors (Lipinski definition) is 1. The lowest BCUT2D eigenvalue weighted by Gasteiger charge is -2.08. The van der Waals surface area contributed by atoms with Crippen molar-refractivity contribution in [3.05, 3.63) is 81.9 Å². The van der Waals surface area contributed by atoms with Gasteiger partial charge in [0.05, 0.1) is 12.7 Å². The molecule has 0 saturated carbocycles. The minimum atomic E-state index is -4.48. The quantitative estimate of drug-likeness (QED) is 0.467. The second-order valence-corrected chi connectivity index (χ2v) is 7.55. The molecule has 0 aliphatic carbocycles. The third kappa shape index (κ3) is 4.77. The monoisotopic (exact) mass is 471 g/mol. The molecule has 0 radical (unpaired) electrons. The molecule has 2 aromatic heterocycles. The fraction of sp³-hybridized carbons (Fsp3) is 0.217. The molecule has 176 valence electrons. The van der Waals surface area contributed by atoms with Gasteiger partial charge in [0.2, 0.25) is 5.91 Å². The first-order chi connectivity index (χ1) is 16.2. The summed E-state index contributed by atoms with van der Waals surface area (Å²) in [7, 11) is 1.56. The Morgan fingerprint density at radius 1 is 1.09 bits per heavy atom. The zero-order valence-electron chi connectivity index (χ0n) is 18.3. The lowest BCUT2D eigenvalue weighted by Crippen LogP contribution is -2.32. The van der Waals surface area contributed by atoms with Crippen molar-refractivity contribution in [3.8, 4) is 17.1 Å². The zero-order chi connectivity index (χ0) is 24.5. The lowest BCUT2D eigenvalue weighted by molar-refractivity contribution is -0.137. The summed E-state index contributed by atoms with van der Waals surface area (Å²) < 4.78 is 46.0. The van der Waals surface area contributed by atoms with Gasteiger partial charge in [-0.1, -0.05) is 24.3 Å². The van der Waals surface area contributed by atoms with E-state index in [1.54, 1.807) is 44.4 Å². The van der Waals surface area contributed by atoms with Crippen LogP contribution in [0.5, 0.6) is 5.75 Å². The highest BCUT2D eigenvalue weighted by Gasteiger charge is 2.30. The molecule has 8 nitrogen and oxygen atoms in total. The molecule has 0 aliphatic rings. The van der Waals surface area contributed by atoms with Crippen molar-refractivity contribution in [3.63, 3.8) is 0 Å². The molecule has 0 spiro atoms. The summed E-state index contributed by atoms with van der Waals surface area (Å²) >= 11 is 0. The van der Waals surface area contributed by atoms with Crippen LogP contribution in [0.15, 0.2) is 59.4 Å². The molecule has 0 unspecified atom stereocenters. The Morgan fingerprint density at radius 3 is 2.38 bits per heavy atom. The Morgan fingerprint density at radius 2 is 1.76 bits per heavy atom. The van der Waals surface area contributed by atoms with Gasteiger partial charge in [-0.25, -0.2) is 18.9 Å². The summed E-state index contributed by atoms with van der Waals surface area (Å²) in [6, 6.07) is 13.0. The Kier molecular flexibility index (Phi) is 6.10. The topological polar surface area (TPSA) is 90.5 Å². The molecule has 0 fully saturated rings. The fourth-order valence-corrected chi connectivity index (χ4v) is 3.39. The molecule has 11 heteroatoms. The highest BCUT2D eigenvalue weighted by Crippen LogP contribution is 2.30. The second kappa shape index (κ2) is 9.00. The number of hydrogen-bond acceptors (Lipinski definition) is 5. The first kappa shape index (κ1) is 23.0. The van der Waals surface area contributed by atoms with Crippen LogP contribution in [-0.2, 0) is 24.1 Å². The number of nitrogens with one attached hydrogen (secondary N) is 1. The number of aryl methyl sites for hydroxylation is 1. The summed E-state index contributed by atoms with van der Waals surface area (Å²) in [4.78, 5) is 29.7. The van der Waals surface area contributed by atoms with Crippen molar-refractivity contribution in [2.45, 2.75) is 26.2 Å². The van der Waals surface area contributed by atoms with Crippen LogP contribution >= 0.6 is 0 Å². The number of nitrogens with zero attached hydrogens (tertiary/aromatic N) is 4. The first-order valence-electron chi connectivity index (χ1n) is 10.2. The maximum atomic E-state index is 13.0. The van der Waals surface area contributed by atoms with Crippen LogP contribution < -0.4 is 15.7 Å². The number of ether oxygens (including phenoxy) is 1. The van der Waals surface area contributed by atoms with Crippen LogP contribution in [0.2, 0.25) is 0 Å². The Labute approximate surface area is 191 Å². The molecule has 4 aromatic rings. The molecule has 0 aliphatic heterocycles. The summed E-state index contributed by atoms with van der Waals surface area (Å²) in [5.74, 6) is 0.403. The van der Waals surface area contributed by atoms with Crippen LogP contribution in [0.3, 0.4) is 0 Å². The van der Waals surface area contributed by atoms with Gasteiger partial charge in [-0.05, 0) is 36.8 Å². The minimum Gasteiger partial charge on any atom is -0.497 e. The summed E-state index contributed by atoms with van der Waals surface area (Å²) in [5, 5.41) is 6.93. The van der Waals surface area contributed by atoms with Gasteiger partial charge in [0.15, 0.2) is 5.65 Å². The number of aromatic nitrogens is 4. The summed E-state index contributed by atoms with van der Waals surface area (Å²) in [5.41, 5.74) is 0.473. The van der Waals surface area contributed by atoms with Crippen LogP contribution in [0, 0.1) is 6.92 Å². The maximum Gasteiger partial charge on any atom is 0.416 e. The molecule has 2 aromatic carbocycles. The Hall–Kier alpha value is -4.15. The first-order valence-corrected chi connectivity index (χ1v) is 10.2. The average molecular weight is 471 g/mol. The molecular formula is C23H20F3N5O3. The number of carbonyl (C=O) groups is 1. The number of amides is 1. The lowest BCUT2D eigenvalue weighted by atomic mass is 10.1. The molecule has 0 atom stereocenters. The van der Waals surface area contributed by atoms with E-state index in [1.165, 1.54) is 16.5 Å². The highest BCUT2D eigenvalue weighted by molar-refractivity contribution is 5.75. The fourth-order valence-electron chi connectivity index (χ4n) is 3.39. The number of benzene rings is 2. The number of rotatable bonds is 6. The van der Waals surface area contributed by atoms with Gasteiger partial charge in [0, 0.05) is 23.9 Å². The van der Waals surface area contributed by atoms with Crippen molar-refractivity contribution >= 4 is 11.6 Å². The minimum absolute atomic E-state index is 0.138. The zero-order valence-corrected chi connectivity index (χ0v) is 18.3. The van der Waals surface area contributed by atoms with Crippen molar-refractivity contribution in [2.24, 2.45) is 0 Å². The Bertz CT molecular complexity index is 1390. The Balaban J connectivity index is 1.58. The number of alkyl halides is 3. The molecule has 0 saturated heterocycles. The van der Waals surface area contributed by atoms with Gasteiger partial charge in [-0.15, -0.1) is 5.10 Å². The van der Waals surface area contributed by atoms with Crippen molar-refractivity contribution in [1.82, 2.24) is 24.5 Å². The normalized spacial score (nSPS) is 11.6. The van der Waals surface area contributed by atoms with Gasteiger partial charge in [0.1, 0.15) is 18.1 Å². The summed E-state index contributed by atoms with van der Waals surface area (Å²) in [6.07, 6.45) is -4.48. The van der Waals surface area contributed by atoms with E-state index in [4.69, 9.17) is 4.74 Å².